The Morgan fingerprint density at radius 3 is 2.38 bits per heavy atom. The molecule has 1 heterocycles. The van der Waals surface area contributed by atoms with Crippen LogP contribution in [-0.4, -0.2) is 4.98 Å². The Morgan fingerprint density at radius 2 is 1.56 bits per heavy atom. The summed E-state index contributed by atoms with van der Waals surface area (Å²) < 4.78 is 0. The first kappa shape index (κ1) is 9.46. The fourth-order valence-corrected chi connectivity index (χ4v) is 2.47. The van der Waals surface area contributed by atoms with Crippen molar-refractivity contribution in [2.24, 2.45) is 0 Å². The minimum Gasteiger partial charge on any atom is -0.354 e. The fraction of sp³-hybridized carbons (Fsp3) is 0.200. The van der Waals surface area contributed by atoms with Gasteiger partial charge in [0.15, 0.2) is 0 Å². The molecule has 0 radical (unpaired) electrons. The minimum absolute atomic E-state index is 1.23. The first-order valence-corrected chi connectivity index (χ1v) is 5.64. The van der Waals surface area contributed by atoms with E-state index in [0.717, 1.165) is 0 Å². The Morgan fingerprint density at radius 1 is 0.812 bits per heavy atom. The first-order chi connectivity index (χ1) is 7.65. The lowest BCUT2D eigenvalue weighted by Gasteiger charge is -1.99. The highest BCUT2D eigenvalue weighted by Gasteiger charge is 2.06. The van der Waals surface area contributed by atoms with Gasteiger partial charge in [0.05, 0.1) is 0 Å². The van der Waals surface area contributed by atoms with Gasteiger partial charge >= 0.3 is 0 Å². The molecule has 0 bridgehead atoms. The Kier molecular flexibility index (Phi) is 1.84. The van der Waals surface area contributed by atoms with Crippen LogP contribution in [0.3, 0.4) is 0 Å². The van der Waals surface area contributed by atoms with Gasteiger partial charge in [-0.1, -0.05) is 23.3 Å². The third-order valence-electron chi connectivity index (χ3n) is 3.20. The van der Waals surface area contributed by atoms with Crippen LogP contribution in [0.1, 0.15) is 16.7 Å². The predicted octanol–water partition coefficient (Wildman–Crippen LogP) is 4.25. The molecule has 0 unspecified atom stereocenters. The molecule has 0 amide bonds. The van der Waals surface area contributed by atoms with E-state index >= 15 is 0 Å². The summed E-state index contributed by atoms with van der Waals surface area (Å²) in [5, 5.41) is 2.68. The Hall–Kier alpha value is -1.76. The average Bonchev–Trinajstić information content (AvgIpc) is 2.57. The third-order valence-corrected chi connectivity index (χ3v) is 3.20. The quantitative estimate of drug-likeness (QED) is 0.569. The summed E-state index contributed by atoms with van der Waals surface area (Å²) >= 11 is 0. The summed E-state index contributed by atoms with van der Waals surface area (Å²) in [5.41, 5.74) is 6.46. The number of aryl methyl sites for hydroxylation is 3. The number of fused-ring (bicyclic) bond motifs is 3. The van der Waals surface area contributed by atoms with Crippen LogP contribution in [0.25, 0.3) is 21.8 Å². The molecule has 0 aliphatic carbocycles. The molecule has 1 N–H and O–H groups in total. The highest BCUT2D eigenvalue weighted by atomic mass is 14.7. The number of rotatable bonds is 0. The summed E-state index contributed by atoms with van der Waals surface area (Å²) in [6.07, 6.45) is 0. The smallest absolute Gasteiger partial charge is 0.0494 e. The van der Waals surface area contributed by atoms with Gasteiger partial charge in [-0.3, -0.25) is 0 Å². The maximum atomic E-state index is 3.50. The van der Waals surface area contributed by atoms with Crippen molar-refractivity contribution in [2.75, 3.05) is 0 Å². The second kappa shape index (κ2) is 3.11. The van der Waals surface area contributed by atoms with Crippen LogP contribution in [0.15, 0.2) is 30.3 Å². The lowest BCUT2D eigenvalue weighted by atomic mass is 10.1. The zero-order chi connectivity index (χ0) is 11.3. The molecule has 0 fully saturated rings. The lowest BCUT2D eigenvalue weighted by Crippen LogP contribution is -1.78. The summed E-state index contributed by atoms with van der Waals surface area (Å²) in [4.78, 5) is 3.50. The molecule has 1 heteroatoms. The number of H-pyrrole nitrogens is 1. The maximum absolute atomic E-state index is 3.50. The van der Waals surface area contributed by atoms with Crippen LogP contribution in [0.2, 0.25) is 0 Å². The van der Waals surface area contributed by atoms with Gasteiger partial charge in [0, 0.05) is 21.8 Å². The molecule has 16 heavy (non-hydrogen) atoms. The van der Waals surface area contributed by atoms with Crippen molar-refractivity contribution in [3.05, 3.63) is 47.0 Å². The molecule has 0 atom stereocenters. The van der Waals surface area contributed by atoms with Gasteiger partial charge in [-0.25, -0.2) is 0 Å². The molecule has 3 aromatic rings. The number of nitrogens with one attached hydrogen (secondary N) is 1. The summed E-state index contributed by atoms with van der Waals surface area (Å²) in [7, 11) is 0. The molecule has 2 aromatic carbocycles. The van der Waals surface area contributed by atoms with Crippen LogP contribution in [0, 0.1) is 20.8 Å². The van der Waals surface area contributed by atoms with E-state index in [2.05, 4.69) is 56.1 Å². The van der Waals surface area contributed by atoms with Gasteiger partial charge in [0.2, 0.25) is 0 Å². The molecule has 0 saturated carbocycles. The number of hydrogen-bond donors (Lipinski definition) is 1. The van der Waals surface area contributed by atoms with E-state index in [1.807, 2.05) is 0 Å². The van der Waals surface area contributed by atoms with Crippen molar-refractivity contribution >= 4 is 21.8 Å². The van der Waals surface area contributed by atoms with E-state index in [0.29, 0.717) is 0 Å². The Balaban J connectivity index is 2.57. The van der Waals surface area contributed by atoms with Crippen molar-refractivity contribution in [3.8, 4) is 0 Å². The van der Waals surface area contributed by atoms with Crippen LogP contribution < -0.4 is 0 Å². The average molecular weight is 209 g/mol. The molecule has 0 saturated heterocycles. The van der Waals surface area contributed by atoms with E-state index < -0.39 is 0 Å². The summed E-state index contributed by atoms with van der Waals surface area (Å²) in [6, 6.07) is 11.1. The maximum Gasteiger partial charge on any atom is 0.0494 e. The molecule has 0 aliphatic rings. The van der Waals surface area contributed by atoms with Gasteiger partial charge < -0.3 is 4.98 Å². The van der Waals surface area contributed by atoms with Crippen LogP contribution in [-0.2, 0) is 0 Å². The topological polar surface area (TPSA) is 15.8 Å². The number of hydrogen-bond acceptors (Lipinski definition) is 0. The Bertz CT molecular complexity index is 689. The lowest BCUT2D eigenvalue weighted by molar-refractivity contribution is 1.40. The van der Waals surface area contributed by atoms with Gasteiger partial charge in [-0.2, -0.15) is 0 Å². The van der Waals surface area contributed by atoms with Crippen molar-refractivity contribution < 1.29 is 0 Å². The van der Waals surface area contributed by atoms with Crippen LogP contribution in [0.4, 0.5) is 0 Å². The van der Waals surface area contributed by atoms with E-state index in [9.17, 15) is 0 Å². The predicted molar refractivity (Wildman–Crippen MR) is 70.0 cm³/mol. The second-order valence-electron chi connectivity index (χ2n) is 4.68. The van der Waals surface area contributed by atoms with Crippen LogP contribution >= 0.6 is 0 Å². The normalized spacial score (nSPS) is 11.4. The third kappa shape index (κ3) is 1.25. The van der Waals surface area contributed by atoms with Crippen molar-refractivity contribution in [2.45, 2.75) is 20.8 Å². The van der Waals surface area contributed by atoms with E-state index in [-0.39, 0.29) is 0 Å². The molecule has 3 rings (SSSR count). The minimum atomic E-state index is 1.23. The van der Waals surface area contributed by atoms with Crippen LogP contribution in [0.5, 0.6) is 0 Å². The molecular formula is C15H15N. The van der Waals surface area contributed by atoms with Gasteiger partial charge in [0.25, 0.3) is 0 Å². The summed E-state index contributed by atoms with van der Waals surface area (Å²) in [6.45, 7) is 6.46. The summed E-state index contributed by atoms with van der Waals surface area (Å²) in [5.74, 6) is 0. The number of aromatic amines is 1. The number of aromatic nitrogens is 1. The molecular weight excluding hydrogens is 194 g/mol. The largest absolute Gasteiger partial charge is 0.354 e. The first-order valence-electron chi connectivity index (χ1n) is 5.64. The molecule has 0 spiro atoms. The SMILES string of the molecule is Cc1ccc2[nH]c3c(C)cc(C)cc3c2c1. The number of benzene rings is 2. The van der Waals surface area contributed by atoms with Gasteiger partial charge in [0.1, 0.15) is 0 Å². The standard InChI is InChI=1S/C15H15N/c1-9-4-5-14-12(7-9)13-8-10(2)6-11(3)15(13)16-14/h4-8,16H,1-3H3. The van der Waals surface area contributed by atoms with Gasteiger partial charge in [-0.15, -0.1) is 0 Å². The zero-order valence-corrected chi connectivity index (χ0v) is 9.89. The van der Waals surface area contributed by atoms with E-state index in [1.54, 1.807) is 0 Å². The van der Waals surface area contributed by atoms with Crippen molar-refractivity contribution in [3.63, 3.8) is 0 Å². The fourth-order valence-electron chi connectivity index (χ4n) is 2.47. The molecule has 1 aromatic heterocycles. The molecule has 0 aliphatic heterocycles. The van der Waals surface area contributed by atoms with E-state index in [4.69, 9.17) is 0 Å². The zero-order valence-electron chi connectivity index (χ0n) is 9.89. The Labute approximate surface area is 95.1 Å². The highest BCUT2D eigenvalue weighted by molar-refractivity contribution is 6.08. The molecule has 1 nitrogen and oxygen atoms in total. The highest BCUT2D eigenvalue weighted by Crippen LogP contribution is 2.29. The molecule has 80 valence electrons. The van der Waals surface area contributed by atoms with E-state index in [1.165, 1.54) is 38.5 Å². The van der Waals surface area contributed by atoms with Crippen molar-refractivity contribution in [1.29, 1.82) is 0 Å². The van der Waals surface area contributed by atoms with Gasteiger partial charge in [-0.05, 0) is 44.5 Å². The second-order valence-corrected chi connectivity index (χ2v) is 4.68. The van der Waals surface area contributed by atoms with Crippen molar-refractivity contribution in [1.82, 2.24) is 4.98 Å². The monoisotopic (exact) mass is 209 g/mol.